The lowest BCUT2D eigenvalue weighted by molar-refractivity contribution is 0.110. The Morgan fingerprint density at radius 3 is 2.38 bits per heavy atom. The Hall–Kier alpha value is -1.06. The molecule has 0 saturated carbocycles. The van der Waals surface area contributed by atoms with Crippen LogP contribution in [-0.2, 0) is 4.74 Å². The third-order valence-electron chi connectivity index (χ3n) is 2.75. The fourth-order valence-corrected chi connectivity index (χ4v) is 1.77. The average molecular weight is 223 g/mol. The molecule has 0 amide bonds. The molecular formula is C13H21NO2. The van der Waals surface area contributed by atoms with Crippen molar-refractivity contribution in [1.82, 2.24) is 0 Å². The van der Waals surface area contributed by atoms with Crippen LogP contribution in [-0.4, -0.2) is 20.8 Å². The molecule has 0 heterocycles. The third-order valence-corrected chi connectivity index (χ3v) is 2.75. The van der Waals surface area contributed by atoms with Crippen LogP contribution in [0.2, 0.25) is 0 Å². The van der Waals surface area contributed by atoms with Gasteiger partial charge in [0.25, 0.3) is 0 Å². The zero-order chi connectivity index (χ0) is 12.1. The van der Waals surface area contributed by atoms with E-state index in [2.05, 4.69) is 19.9 Å². The lowest BCUT2D eigenvalue weighted by Gasteiger charge is -2.18. The molecule has 0 spiro atoms. The molecule has 0 saturated heterocycles. The van der Waals surface area contributed by atoms with E-state index in [1.807, 2.05) is 12.1 Å². The van der Waals surface area contributed by atoms with Gasteiger partial charge in [-0.05, 0) is 29.2 Å². The molecule has 90 valence electrons. The Labute approximate surface area is 97.6 Å². The molecule has 1 aromatic rings. The van der Waals surface area contributed by atoms with E-state index < -0.39 is 0 Å². The fraction of sp³-hybridized carbons (Fsp3) is 0.538. The Balaban J connectivity index is 3.10. The third kappa shape index (κ3) is 2.74. The van der Waals surface area contributed by atoms with Crippen molar-refractivity contribution in [2.24, 2.45) is 5.73 Å². The van der Waals surface area contributed by atoms with Gasteiger partial charge in [0.2, 0.25) is 0 Å². The van der Waals surface area contributed by atoms with Crippen molar-refractivity contribution in [1.29, 1.82) is 0 Å². The van der Waals surface area contributed by atoms with Crippen molar-refractivity contribution >= 4 is 0 Å². The molecule has 0 bridgehead atoms. The van der Waals surface area contributed by atoms with E-state index in [4.69, 9.17) is 15.2 Å². The van der Waals surface area contributed by atoms with E-state index in [1.165, 1.54) is 5.56 Å². The minimum Gasteiger partial charge on any atom is -0.496 e. The normalized spacial score (nSPS) is 12.9. The maximum atomic E-state index is 5.66. The Kier molecular flexibility index (Phi) is 4.77. The number of methoxy groups -OCH3 is 2. The highest BCUT2D eigenvalue weighted by Gasteiger charge is 2.13. The monoisotopic (exact) mass is 223 g/mol. The van der Waals surface area contributed by atoms with E-state index in [-0.39, 0.29) is 6.10 Å². The van der Waals surface area contributed by atoms with Crippen molar-refractivity contribution < 1.29 is 9.47 Å². The highest BCUT2D eigenvalue weighted by atomic mass is 16.5. The summed E-state index contributed by atoms with van der Waals surface area (Å²) in [4.78, 5) is 0. The van der Waals surface area contributed by atoms with Crippen LogP contribution in [0.3, 0.4) is 0 Å². The highest BCUT2D eigenvalue weighted by Crippen LogP contribution is 2.29. The van der Waals surface area contributed by atoms with Gasteiger partial charge in [-0.2, -0.15) is 0 Å². The number of hydrogen-bond donors (Lipinski definition) is 1. The number of ether oxygens (including phenoxy) is 2. The second-order valence-corrected chi connectivity index (χ2v) is 4.12. The first-order valence-corrected chi connectivity index (χ1v) is 5.54. The van der Waals surface area contributed by atoms with Crippen molar-refractivity contribution in [3.05, 3.63) is 29.3 Å². The van der Waals surface area contributed by atoms with Crippen LogP contribution in [0.25, 0.3) is 0 Å². The SMILES string of the molecule is COc1ccc(C(CN)OC)cc1C(C)C. The Morgan fingerprint density at radius 1 is 1.25 bits per heavy atom. The van der Waals surface area contributed by atoms with Gasteiger partial charge in [0.1, 0.15) is 5.75 Å². The predicted octanol–water partition coefficient (Wildman–Crippen LogP) is 2.46. The van der Waals surface area contributed by atoms with Gasteiger partial charge in [0.05, 0.1) is 13.2 Å². The van der Waals surface area contributed by atoms with E-state index in [1.54, 1.807) is 14.2 Å². The van der Waals surface area contributed by atoms with Gasteiger partial charge in [-0.1, -0.05) is 19.9 Å². The molecular weight excluding hydrogens is 202 g/mol. The molecule has 3 heteroatoms. The van der Waals surface area contributed by atoms with Gasteiger partial charge in [-0.25, -0.2) is 0 Å². The van der Waals surface area contributed by atoms with Crippen LogP contribution in [0.4, 0.5) is 0 Å². The Bertz CT molecular complexity index is 333. The van der Waals surface area contributed by atoms with Crippen molar-refractivity contribution in [3.63, 3.8) is 0 Å². The van der Waals surface area contributed by atoms with E-state index >= 15 is 0 Å². The maximum absolute atomic E-state index is 5.66. The predicted molar refractivity (Wildman–Crippen MR) is 65.9 cm³/mol. The van der Waals surface area contributed by atoms with E-state index in [0.717, 1.165) is 11.3 Å². The number of benzene rings is 1. The van der Waals surface area contributed by atoms with E-state index in [0.29, 0.717) is 12.5 Å². The zero-order valence-corrected chi connectivity index (χ0v) is 10.5. The summed E-state index contributed by atoms with van der Waals surface area (Å²) in [5.74, 6) is 1.34. The maximum Gasteiger partial charge on any atom is 0.122 e. The first-order valence-electron chi connectivity index (χ1n) is 5.54. The second kappa shape index (κ2) is 5.87. The molecule has 0 aromatic heterocycles. The van der Waals surface area contributed by atoms with Crippen LogP contribution in [0, 0.1) is 0 Å². The molecule has 1 atom stereocenters. The molecule has 1 rings (SSSR count). The van der Waals surface area contributed by atoms with Crippen molar-refractivity contribution in [2.45, 2.75) is 25.9 Å². The summed E-state index contributed by atoms with van der Waals surface area (Å²) in [6.45, 7) is 4.78. The standard InChI is InChI=1S/C13H21NO2/c1-9(2)11-7-10(13(8-14)16-4)5-6-12(11)15-3/h5-7,9,13H,8,14H2,1-4H3. The molecule has 16 heavy (non-hydrogen) atoms. The van der Waals surface area contributed by atoms with Gasteiger partial charge in [0, 0.05) is 13.7 Å². The average Bonchev–Trinajstić information content (AvgIpc) is 2.30. The van der Waals surface area contributed by atoms with Gasteiger partial charge < -0.3 is 15.2 Å². The molecule has 1 unspecified atom stereocenters. The van der Waals surface area contributed by atoms with Gasteiger partial charge in [-0.15, -0.1) is 0 Å². The topological polar surface area (TPSA) is 44.5 Å². The number of hydrogen-bond acceptors (Lipinski definition) is 3. The lowest BCUT2D eigenvalue weighted by Crippen LogP contribution is -2.14. The molecule has 0 aliphatic rings. The largest absolute Gasteiger partial charge is 0.496 e. The first kappa shape index (κ1) is 13.0. The molecule has 3 nitrogen and oxygen atoms in total. The van der Waals surface area contributed by atoms with E-state index in [9.17, 15) is 0 Å². The summed E-state index contributed by atoms with van der Waals surface area (Å²) in [6, 6.07) is 6.10. The zero-order valence-electron chi connectivity index (χ0n) is 10.5. The summed E-state index contributed by atoms with van der Waals surface area (Å²) in [6.07, 6.45) is -0.0385. The Morgan fingerprint density at radius 2 is 1.94 bits per heavy atom. The van der Waals surface area contributed by atoms with Crippen LogP contribution in [0.5, 0.6) is 5.75 Å². The molecule has 0 fully saturated rings. The highest BCUT2D eigenvalue weighted by molar-refractivity contribution is 5.40. The summed E-state index contributed by atoms with van der Waals surface area (Å²) in [7, 11) is 3.37. The molecule has 0 radical (unpaired) electrons. The summed E-state index contributed by atoms with van der Waals surface area (Å²) < 4.78 is 10.7. The minimum absolute atomic E-state index is 0.0385. The minimum atomic E-state index is -0.0385. The second-order valence-electron chi connectivity index (χ2n) is 4.12. The van der Waals surface area contributed by atoms with Gasteiger partial charge in [-0.3, -0.25) is 0 Å². The number of nitrogens with two attached hydrogens (primary N) is 1. The fourth-order valence-electron chi connectivity index (χ4n) is 1.77. The number of rotatable bonds is 5. The summed E-state index contributed by atoms with van der Waals surface area (Å²) in [5.41, 5.74) is 7.95. The summed E-state index contributed by atoms with van der Waals surface area (Å²) in [5, 5.41) is 0. The van der Waals surface area contributed by atoms with Gasteiger partial charge in [0.15, 0.2) is 0 Å². The quantitative estimate of drug-likeness (QED) is 0.834. The van der Waals surface area contributed by atoms with Gasteiger partial charge >= 0.3 is 0 Å². The van der Waals surface area contributed by atoms with Crippen LogP contribution in [0.1, 0.15) is 37.0 Å². The van der Waals surface area contributed by atoms with Crippen LogP contribution in [0.15, 0.2) is 18.2 Å². The molecule has 0 aliphatic heterocycles. The lowest BCUT2D eigenvalue weighted by atomic mass is 9.97. The van der Waals surface area contributed by atoms with Crippen molar-refractivity contribution in [2.75, 3.05) is 20.8 Å². The van der Waals surface area contributed by atoms with Crippen LogP contribution >= 0.6 is 0 Å². The molecule has 0 aliphatic carbocycles. The molecule has 2 N–H and O–H groups in total. The molecule has 1 aromatic carbocycles. The van der Waals surface area contributed by atoms with Crippen molar-refractivity contribution in [3.8, 4) is 5.75 Å². The summed E-state index contributed by atoms with van der Waals surface area (Å²) >= 11 is 0. The van der Waals surface area contributed by atoms with Crippen LogP contribution < -0.4 is 10.5 Å². The first-order chi connectivity index (χ1) is 7.63. The smallest absolute Gasteiger partial charge is 0.122 e.